The molecule has 3 aliphatic rings. The third-order valence-electron chi connectivity index (χ3n) is 7.87. The number of rotatable bonds is 4. The Kier molecular flexibility index (Phi) is 6.37. The van der Waals surface area contributed by atoms with Gasteiger partial charge in [-0.15, -0.1) is 0 Å². The zero-order valence-corrected chi connectivity index (χ0v) is 17.9. The Balaban J connectivity index is 1.76. The molecule has 0 aromatic rings. The van der Waals surface area contributed by atoms with Crippen molar-refractivity contribution < 1.29 is 10.2 Å². The van der Waals surface area contributed by atoms with Gasteiger partial charge >= 0.3 is 0 Å². The summed E-state index contributed by atoms with van der Waals surface area (Å²) in [5.41, 5.74) is 3.80. The summed E-state index contributed by atoms with van der Waals surface area (Å²) < 4.78 is 0. The van der Waals surface area contributed by atoms with Crippen molar-refractivity contribution >= 4 is 0 Å². The molecule has 0 bridgehead atoms. The normalized spacial score (nSPS) is 39.7. The lowest BCUT2D eigenvalue weighted by atomic mass is 9.60. The number of aliphatic hydroxyl groups is 2. The summed E-state index contributed by atoms with van der Waals surface area (Å²) in [6, 6.07) is 0. The molecule has 152 valence electrons. The second-order valence-electron chi connectivity index (χ2n) is 10.3. The predicted octanol–water partition coefficient (Wildman–Crippen LogP) is 5.81. The van der Waals surface area contributed by atoms with Crippen molar-refractivity contribution in [3.8, 4) is 0 Å². The molecule has 27 heavy (non-hydrogen) atoms. The summed E-state index contributed by atoms with van der Waals surface area (Å²) in [4.78, 5) is 0. The van der Waals surface area contributed by atoms with Crippen LogP contribution in [0.3, 0.4) is 0 Å². The minimum atomic E-state index is -0.595. The maximum atomic E-state index is 10.1. The van der Waals surface area contributed by atoms with E-state index in [1.165, 1.54) is 38.5 Å². The minimum Gasteiger partial charge on any atom is -0.388 e. The zero-order chi connectivity index (χ0) is 19.8. The molecule has 0 saturated heterocycles. The lowest BCUT2D eigenvalue weighted by molar-refractivity contribution is 0.0893. The monoisotopic (exact) mass is 372 g/mol. The molecule has 2 nitrogen and oxygen atoms in total. The van der Waals surface area contributed by atoms with Crippen LogP contribution in [0.4, 0.5) is 0 Å². The molecule has 0 heterocycles. The third kappa shape index (κ3) is 4.27. The summed E-state index contributed by atoms with van der Waals surface area (Å²) in [6.07, 6.45) is 12.5. The number of hydrogen-bond acceptors (Lipinski definition) is 2. The highest BCUT2D eigenvalue weighted by molar-refractivity contribution is 5.29. The van der Waals surface area contributed by atoms with Gasteiger partial charge in [-0.05, 0) is 86.0 Å². The highest BCUT2D eigenvalue weighted by atomic mass is 16.3. The first kappa shape index (κ1) is 20.9. The highest BCUT2D eigenvalue weighted by Crippen LogP contribution is 2.60. The Labute approximate surface area is 166 Å². The van der Waals surface area contributed by atoms with E-state index in [0.717, 1.165) is 29.2 Å². The molecule has 0 amide bonds. The van der Waals surface area contributed by atoms with E-state index < -0.39 is 12.2 Å². The second-order valence-corrected chi connectivity index (χ2v) is 10.3. The second kappa shape index (κ2) is 8.25. The molecule has 3 saturated carbocycles. The van der Waals surface area contributed by atoms with Gasteiger partial charge < -0.3 is 10.2 Å². The molecule has 0 aromatic heterocycles. The fourth-order valence-corrected chi connectivity index (χ4v) is 6.55. The van der Waals surface area contributed by atoms with Crippen LogP contribution < -0.4 is 0 Å². The van der Waals surface area contributed by atoms with Crippen LogP contribution >= 0.6 is 0 Å². The summed E-state index contributed by atoms with van der Waals surface area (Å²) in [7, 11) is 0. The lowest BCUT2D eigenvalue weighted by Gasteiger charge is -2.44. The van der Waals surface area contributed by atoms with Gasteiger partial charge in [0, 0.05) is 0 Å². The molecule has 6 atom stereocenters. The molecule has 3 fully saturated rings. The van der Waals surface area contributed by atoms with Gasteiger partial charge in [0.15, 0.2) is 0 Å². The van der Waals surface area contributed by atoms with Gasteiger partial charge in [-0.25, -0.2) is 0 Å². The van der Waals surface area contributed by atoms with E-state index in [1.807, 2.05) is 0 Å². The van der Waals surface area contributed by atoms with Crippen molar-refractivity contribution in [1.82, 2.24) is 0 Å². The van der Waals surface area contributed by atoms with Crippen LogP contribution in [0.5, 0.6) is 0 Å². The fourth-order valence-electron chi connectivity index (χ4n) is 6.55. The van der Waals surface area contributed by atoms with E-state index in [2.05, 4.69) is 46.4 Å². The highest BCUT2D eigenvalue weighted by Gasteiger charge is 2.50. The predicted molar refractivity (Wildman–Crippen MR) is 113 cm³/mol. The van der Waals surface area contributed by atoms with Crippen LogP contribution in [0, 0.1) is 29.1 Å². The number of allylic oxidation sites excluding steroid dienone is 3. The molecule has 0 aromatic carbocycles. The van der Waals surface area contributed by atoms with Crippen molar-refractivity contribution in [3.63, 3.8) is 0 Å². The van der Waals surface area contributed by atoms with E-state index in [0.29, 0.717) is 23.8 Å². The maximum Gasteiger partial charge on any atom is 0.0809 e. The smallest absolute Gasteiger partial charge is 0.0809 e. The lowest BCUT2D eigenvalue weighted by Crippen LogP contribution is -2.36. The zero-order valence-electron chi connectivity index (χ0n) is 17.9. The molecule has 3 rings (SSSR count). The van der Waals surface area contributed by atoms with E-state index in [4.69, 9.17) is 0 Å². The standard InChI is InChI=1S/C25H40O2/c1-16(2)13-17(3)21-10-11-22-20(7-6-12-25(21,22)5)9-8-19-14-23(26)18(4)24(27)15-19/h8-9,16-17,21-24,26-27H,4,6-7,10-15H2,1-3,5H3/t17-,21?,22?,23+,24+,25+/m0/s1. The Hall–Kier alpha value is -0.860. The van der Waals surface area contributed by atoms with Gasteiger partial charge in [-0.3, -0.25) is 0 Å². The van der Waals surface area contributed by atoms with E-state index in [1.54, 1.807) is 5.57 Å². The van der Waals surface area contributed by atoms with Crippen molar-refractivity contribution in [2.45, 2.75) is 91.3 Å². The summed E-state index contributed by atoms with van der Waals surface area (Å²) in [5.74, 6) is 3.16. The minimum absolute atomic E-state index is 0.455. The van der Waals surface area contributed by atoms with Crippen LogP contribution in [-0.4, -0.2) is 22.4 Å². The molecular formula is C25H40O2. The van der Waals surface area contributed by atoms with Gasteiger partial charge in [0.1, 0.15) is 0 Å². The van der Waals surface area contributed by atoms with Crippen LogP contribution in [0.2, 0.25) is 0 Å². The molecule has 2 heteroatoms. The molecular weight excluding hydrogens is 332 g/mol. The van der Waals surface area contributed by atoms with E-state index in [9.17, 15) is 10.2 Å². The van der Waals surface area contributed by atoms with E-state index in [-0.39, 0.29) is 0 Å². The quantitative estimate of drug-likeness (QED) is 0.611. The third-order valence-corrected chi connectivity index (χ3v) is 7.87. The van der Waals surface area contributed by atoms with Crippen molar-refractivity contribution in [3.05, 3.63) is 35.5 Å². The maximum absolute atomic E-state index is 10.1. The Morgan fingerprint density at radius 3 is 2.41 bits per heavy atom. The topological polar surface area (TPSA) is 40.5 Å². The van der Waals surface area contributed by atoms with E-state index >= 15 is 0 Å². The first-order valence-corrected chi connectivity index (χ1v) is 11.2. The fraction of sp³-hybridized carbons (Fsp3) is 0.760. The Morgan fingerprint density at radius 1 is 1.11 bits per heavy atom. The van der Waals surface area contributed by atoms with Crippen molar-refractivity contribution in [1.29, 1.82) is 0 Å². The largest absolute Gasteiger partial charge is 0.388 e. The van der Waals surface area contributed by atoms with Crippen molar-refractivity contribution in [2.24, 2.45) is 29.1 Å². The van der Waals surface area contributed by atoms with Crippen LogP contribution in [0.15, 0.2) is 35.5 Å². The summed E-state index contributed by atoms with van der Waals surface area (Å²) in [6.45, 7) is 13.6. The first-order valence-electron chi connectivity index (χ1n) is 11.2. The van der Waals surface area contributed by atoms with Gasteiger partial charge in [-0.2, -0.15) is 0 Å². The average Bonchev–Trinajstić information content (AvgIpc) is 2.94. The van der Waals surface area contributed by atoms with Gasteiger partial charge in [0.25, 0.3) is 0 Å². The molecule has 3 aliphatic carbocycles. The molecule has 0 radical (unpaired) electrons. The van der Waals surface area contributed by atoms with Crippen LogP contribution in [-0.2, 0) is 0 Å². The van der Waals surface area contributed by atoms with Crippen LogP contribution in [0.1, 0.15) is 79.1 Å². The van der Waals surface area contributed by atoms with Crippen molar-refractivity contribution in [2.75, 3.05) is 0 Å². The average molecular weight is 373 g/mol. The SMILES string of the molecule is C=C1[C@H](O)CC(=CC=C2CCC[C@@]3(C)C2CCC3[C@@H](C)CC(C)C)C[C@H]1O. The Bertz CT molecular complexity index is 598. The Morgan fingerprint density at radius 2 is 1.78 bits per heavy atom. The number of fused-ring (bicyclic) bond motifs is 1. The molecule has 0 aliphatic heterocycles. The number of hydrogen-bond donors (Lipinski definition) is 2. The van der Waals surface area contributed by atoms with Gasteiger partial charge in [0.2, 0.25) is 0 Å². The number of aliphatic hydroxyl groups excluding tert-OH is 2. The summed E-state index contributed by atoms with van der Waals surface area (Å²) >= 11 is 0. The van der Waals surface area contributed by atoms with Gasteiger partial charge in [0.05, 0.1) is 12.2 Å². The molecule has 2 N–H and O–H groups in total. The molecule has 0 spiro atoms. The summed E-state index contributed by atoms with van der Waals surface area (Å²) in [5, 5.41) is 20.2. The molecule has 2 unspecified atom stereocenters. The van der Waals surface area contributed by atoms with Gasteiger partial charge in [-0.1, -0.05) is 57.6 Å². The first-order chi connectivity index (χ1) is 12.7. The van der Waals surface area contributed by atoms with Crippen LogP contribution in [0.25, 0.3) is 0 Å².